The highest BCUT2D eigenvalue weighted by Crippen LogP contribution is 2.33. The van der Waals surface area contributed by atoms with Crippen LogP contribution in [0.1, 0.15) is 24.4 Å². The topological polar surface area (TPSA) is 124 Å². The lowest BCUT2D eigenvalue weighted by Gasteiger charge is -2.22. The fourth-order valence-corrected chi connectivity index (χ4v) is 5.84. The van der Waals surface area contributed by atoms with E-state index in [1.165, 1.54) is 0 Å². The highest BCUT2D eigenvalue weighted by molar-refractivity contribution is 7.91. The number of rotatable bonds is 4. The Morgan fingerprint density at radius 3 is 2.69 bits per heavy atom. The van der Waals surface area contributed by atoms with Crippen LogP contribution in [0.5, 0.6) is 0 Å². The number of nitrogen functional groups attached to an aromatic ring is 1. The molecule has 0 spiro atoms. The van der Waals surface area contributed by atoms with Crippen LogP contribution >= 0.6 is 11.6 Å². The third-order valence-corrected chi connectivity index (χ3v) is 7.58. The highest BCUT2D eigenvalue weighted by Gasteiger charge is 2.33. The molecule has 4 heterocycles. The number of para-hydroxylation sites is 1. The van der Waals surface area contributed by atoms with E-state index in [1.54, 1.807) is 27.4 Å². The molecule has 0 saturated heterocycles. The summed E-state index contributed by atoms with van der Waals surface area (Å²) in [7, 11) is -3.52. The molecule has 3 N–H and O–H groups in total. The summed E-state index contributed by atoms with van der Waals surface area (Å²) in [6, 6.07) is 10.3. The molecule has 11 heteroatoms. The number of fused-ring (bicyclic) bond motifs is 2. The lowest BCUT2D eigenvalue weighted by Crippen LogP contribution is -2.27. The van der Waals surface area contributed by atoms with E-state index in [-0.39, 0.29) is 34.4 Å². The Kier molecular flexibility index (Phi) is 4.72. The van der Waals surface area contributed by atoms with Gasteiger partial charge in [-0.05, 0) is 25.1 Å². The molecule has 0 radical (unpaired) electrons. The van der Waals surface area contributed by atoms with Crippen LogP contribution in [0.2, 0.25) is 5.02 Å². The zero-order valence-corrected chi connectivity index (χ0v) is 18.6. The minimum atomic E-state index is -3.52. The van der Waals surface area contributed by atoms with Crippen LogP contribution in [0.4, 0.5) is 11.8 Å². The maximum absolute atomic E-state index is 13.4. The van der Waals surface area contributed by atoms with E-state index in [0.29, 0.717) is 27.6 Å². The van der Waals surface area contributed by atoms with Crippen molar-refractivity contribution in [2.24, 2.45) is 0 Å². The Hall–Kier alpha value is -3.37. The largest absolute Gasteiger partial charge is 0.368 e. The van der Waals surface area contributed by atoms with Crippen molar-refractivity contribution in [3.05, 3.63) is 75.6 Å². The number of nitrogens with one attached hydrogen (secondary N) is 1. The minimum Gasteiger partial charge on any atom is -0.368 e. The summed E-state index contributed by atoms with van der Waals surface area (Å²) < 4.78 is 28.4. The summed E-state index contributed by atoms with van der Waals surface area (Å²) in [5.74, 6) is 0.0883. The van der Waals surface area contributed by atoms with Gasteiger partial charge >= 0.3 is 0 Å². The molecule has 9 nitrogen and oxygen atoms in total. The van der Waals surface area contributed by atoms with Gasteiger partial charge in [0.15, 0.2) is 15.7 Å². The SMILES string of the molecule is C[C@H](Nc1nc(N)nc2c1S(=O)(=O)CC2)c1cn2ccc(Cl)c2c(=O)n1-c1ccccc1. The van der Waals surface area contributed by atoms with Crippen molar-refractivity contribution in [2.45, 2.75) is 24.3 Å². The number of hydrogen-bond donors (Lipinski definition) is 2. The quantitative estimate of drug-likeness (QED) is 0.469. The summed E-state index contributed by atoms with van der Waals surface area (Å²) in [6.07, 6.45) is 3.78. The minimum absolute atomic E-state index is 0.0105. The molecule has 1 aromatic carbocycles. The summed E-state index contributed by atoms with van der Waals surface area (Å²) in [6.45, 7) is 1.82. The van der Waals surface area contributed by atoms with Gasteiger partial charge in [-0.1, -0.05) is 29.8 Å². The van der Waals surface area contributed by atoms with Gasteiger partial charge in [0.05, 0.1) is 28.2 Å². The summed E-state index contributed by atoms with van der Waals surface area (Å²) in [5.41, 5.74) is 7.52. The number of aromatic nitrogens is 4. The zero-order valence-electron chi connectivity index (χ0n) is 17.0. The van der Waals surface area contributed by atoms with Gasteiger partial charge in [0, 0.05) is 24.5 Å². The first kappa shape index (κ1) is 20.5. The fourth-order valence-electron chi connectivity index (χ4n) is 4.04. The first-order valence-electron chi connectivity index (χ1n) is 9.89. The lowest BCUT2D eigenvalue weighted by molar-refractivity contribution is 0.599. The second-order valence-electron chi connectivity index (χ2n) is 7.59. The van der Waals surface area contributed by atoms with Gasteiger partial charge in [0.25, 0.3) is 5.56 Å². The third kappa shape index (κ3) is 3.23. The summed E-state index contributed by atoms with van der Waals surface area (Å²) in [4.78, 5) is 21.7. The smallest absolute Gasteiger partial charge is 0.281 e. The second-order valence-corrected chi connectivity index (χ2v) is 10.0. The van der Waals surface area contributed by atoms with Crippen molar-refractivity contribution in [3.63, 3.8) is 0 Å². The molecule has 164 valence electrons. The molecule has 0 fully saturated rings. The van der Waals surface area contributed by atoms with Crippen LogP contribution in [0, 0.1) is 0 Å². The predicted octanol–water partition coefficient (Wildman–Crippen LogP) is 2.62. The van der Waals surface area contributed by atoms with E-state index in [9.17, 15) is 13.2 Å². The van der Waals surface area contributed by atoms with Crippen molar-refractivity contribution in [1.82, 2.24) is 18.9 Å². The number of benzene rings is 1. The van der Waals surface area contributed by atoms with Crippen LogP contribution in [0.3, 0.4) is 0 Å². The summed E-state index contributed by atoms with van der Waals surface area (Å²) >= 11 is 6.26. The molecule has 0 amide bonds. The molecule has 3 aromatic heterocycles. The molecular formula is C21H19ClN6O3S. The van der Waals surface area contributed by atoms with Crippen molar-refractivity contribution in [1.29, 1.82) is 0 Å². The predicted molar refractivity (Wildman–Crippen MR) is 122 cm³/mol. The molecule has 4 aromatic rings. The molecule has 32 heavy (non-hydrogen) atoms. The molecule has 1 aliphatic rings. The Balaban J connectivity index is 1.69. The van der Waals surface area contributed by atoms with Crippen LogP contribution in [-0.2, 0) is 16.3 Å². The number of nitrogens with two attached hydrogens (primary N) is 1. The molecule has 0 saturated carbocycles. The average Bonchev–Trinajstić information content (AvgIpc) is 3.27. The van der Waals surface area contributed by atoms with E-state index < -0.39 is 15.9 Å². The van der Waals surface area contributed by atoms with Gasteiger partial charge < -0.3 is 15.5 Å². The maximum atomic E-state index is 13.4. The Labute approximate surface area is 188 Å². The van der Waals surface area contributed by atoms with Crippen LogP contribution in [-0.4, -0.2) is 33.1 Å². The van der Waals surface area contributed by atoms with E-state index in [2.05, 4.69) is 15.3 Å². The molecule has 0 aliphatic carbocycles. The van der Waals surface area contributed by atoms with Gasteiger partial charge in [0.1, 0.15) is 10.4 Å². The third-order valence-electron chi connectivity index (χ3n) is 5.48. The molecule has 1 atom stereocenters. The van der Waals surface area contributed by atoms with E-state index in [1.807, 2.05) is 37.3 Å². The zero-order chi connectivity index (χ0) is 22.6. The van der Waals surface area contributed by atoms with Crippen molar-refractivity contribution in [3.8, 4) is 5.69 Å². The van der Waals surface area contributed by atoms with Crippen molar-refractivity contribution >= 4 is 38.7 Å². The Bertz CT molecular complexity index is 1530. The van der Waals surface area contributed by atoms with Crippen molar-refractivity contribution in [2.75, 3.05) is 16.8 Å². The number of nitrogens with zero attached hydrogens (tertiary/aromatic N) is 4. The van der Waals surface area contributed by atoms with E-state index >= 15 is 0 Å². The monoisotopic (exact) mass is 470 g/mol. The van der Waals surface area contributed by atoms with Gasteiger partial charge in [0.2, 0.25) is 5.95 Å². The van der Waals surface area contributed by atoms with Gasteiger partial charge in [-0.3, -0.25) is 9.36 Å². The molecule has 1 aliphatic heterocycles. The lowest BCUT2D eigenvalue weighted by atomic mass is 10.2. The average molecular weight is 471 g/mol. The number of sulfone groups is 1. The van der Waals surface area contributed by atoms with E-state index in [0.717, 1.165) is 0 Å². The normalized spacial score (nSPS) is 15.6. The maximum Gasteiger partial charge on any atom is 0.281 e. The molecule has 0 bridgehead atoms. The molecule has 5 rings (SSSR count). The second kappa shape index (κ2) is 7.35. The highest BCUT2D eigenvalue weighted by atomic mass is 35.5. The standard InChI is InChI=1S/C21H19ClN6O3S/c1-12(24-19-18-15(25-21(23)26-19)8-10-32(18,30)31)16-11-27-9-7-14(22)17(27)20(29)28(16)13-5-3-2-4-6-13/h2-7,9,11-12H,8,10H2,1H3,(H3,23,24,25,26)/t12-/m0/s1. The number of anilines is 2. The van der Waals surface area contributed by atoms with Crippen LogP contribution < -0.4 is 16.6 Å². The molecule has 0 unspecified atom stereocenters. The van der Waals surface area contributed by atoms with Gasteiger partial charge in [-0.2, -0.15) is 4.98 Å². The van der Waals surface area contributed by atoms with Gasteiger partial charge in [-0.25, -0.2) is 13.4 Å². The molecular weight excluding hydrogens is 452 g/mol. The van der Waals surface area contributed by atoms with E-state index in [4.69, 9.17) is 17.3 Å². The fraction of sp³-hybridized carbons (Fsp3) is 0.190. The van der Waals surface area contributed by atoms with Crippen LogP contribution in [0.25, 0.3) is 11.2 Å². The first-order chi connectivity index (χ1) is 15.3. The van der Waals surface area contributed by atoms with Crippen LogP contribution in [0.15, 0.2) is 58.5 Å². The number of halogens is 1. The summed E-state index contributed by atoms with van der Waals surface area (Å²) in [5, 5.41) is 3.49. The Morgan fingerprint density at radius 2 is 1.94 bits per heavy atom. The van der Waals surface area contributed by atoms with Crippen molar-refractivity contribution < 1.29 is 8.42 Å². The Morgan fingerprint density at radius 1 is 1.19 bits per heavy atom. The number of aryl methyl sites for hydroxylation is 1. The number of hydrogen-bond acceptors (Lipinski definition) is 7. The first-order valence-corrected chi connectivity index (χ1v) is 11.9. The van der Waals surface area contributed by atoms with Gasteiger partial charge in [-0.15, -0.1) is 0 Å².